The molecule has 24 heavy (non-hydrogen) atoms. The molecular weight excluding hydrogens is 305 g/mol. The highest BCUT2D eigenvalue weighted by Crippen LogP contribution is 2.36. The van der Waals surface area contributed by atoms with E-state index in [1.807, 2.05) is 25.1 Å². The lowest BCUT2D eigenvalue weighted by molar-refractivity contribution is -0.910. The molecule has 1 heterocycles. The van der Waals surface area contributed by atoms with Crippen LogP contribution in [0.15, 0.2) is 54.6 Å². The summed E-state index contributed by atoms with van der Waals surface area (Å²) < 4.78 is 18.7. The molecule has 1 fully saturated rings. The third kappa shape index (κ3) is 3.83. The predicted octanol–water partition coefficient (Wildman–Crippen LogP) is 1.73. The predicted molar refractivity (Wildman–Crippen MR) is 91.5 cm³/mol. The van der Waals surface area contributed by atoms with E-state index in [9.17, 15) is 9.50 Å². The van der Waals surface area contributed by atoms with Crippen LogP contribution in [0, 0.1) is 5.82 Å². The van der Waals surface area contributed by atoms with Crippen LogP contribution in [-0.2, 0) is 10.3 Å². The Morgan fingerprint density at radius 3 is 2.33 bits per heavy atom. The molecule has 2 aromatic rings. The van der Waals surface area contributed by atoms with Crippen molar-refractivity contribution in [2.75, 3.05) is 32.8 Å². The molecule has 0 spiro atoms. The molecule has 3 rings (SSSR count). The number of nitrogens with one attached hydrogen (secondary N) is 1. The summed E-state index contributed by atoms with van der Waals surface area (Å²) in [4.78, 5) is 1.43. The van der Waals surface area contributed by atoms with E-state index in [1.165, 1.54) is 17.0 Å². The van der Waals surface area contributed by atoms with Gasteiger partial charge in [-0.1, -0.05) is 42.5 Å². The molecule has 1 saturated heterocycles. The van der Waals surface area contributed by atoms with Gasteiger partial charge in [-0.2, -0.15) is 0 Å². The number of quaternary nitrogens is 1. The fraction of sp³-hybridized carbons (Fsp3) is 0.400. The molecule has 0 radical (unpaired) electrons. The van der Waals surface area contributed by atoms with E-state index in [0.29, 0.717) is 0 Å². The van der Waals surface area contributed by atoms with Gasteiger partial charge >= 0.3 is 0 Å². The van der Waals surface area contributed by atoms with Gasteiger partial charge in [0.05, 0.1) is 31.3 Å². The highest BCUT2D eigenvalue weighted by molar-refractivity contribution is 5.30. The zero-order valence-corrected chi connectivity index (χ0v) is 14.0. The van der Waals surface area contributed by atoms with Gasteiger partial charge in [0, 0.05) is 0 Å². The van der Waals surface area contributed by atoms with Crippen molar-refractivity contribution in [2.24, 2.45) is 0 Å². The van der Waals surface area contributed by atoms with Crippen molar-refractivity contribution in [1.29, 1.82) is 0 Å². The zero-order valence-electron chi connectivity index (χ0n) is 14.0. The lowest BCUT2D eigenvalue weighted by atomic mass is 9.78. The van der Waals surface area contributed by atoms with Crippen LogP contribution in [0.5, 0.6) is 0 Å². The van der Waals surface area contributed by atoms with E-state index in [4.69, 9.17) is 4.74 Å². The Bertz CT molecular complexity index is 636. The summed E-state index contributed by atoms with van der Waals surface area (Å²) in [6.45, 7) is 6.06. The topological polar surface area (TPSA) is 33.9 Å². The lowest BCUT2D eigenvalue weighted by Gasteiger charge is -2.36. The first-order chi connectivity index (χ1) is 11.6. The van der Waals surface area contributed by atoms with E-state index >= 15 is 0 Å². The minimum absolute atomic E-state index is 0.0720. The Morgan fingerprint density at radius 1 is 1.08 bits per heavy atom. The van der Waals surface area contributed by atoms with E-state index in [-0.39, 0.29) is 11.7 Å². The van der Waals surface area contributed by atoms with Crippen molar-refractivity contribution in [2.45, 2.75) is 18.4 Å². The standard InChI is InChI=1S/C20H24FNO2/c1-20(23,17-7-9-18(21)10-8-17)19(16-5-3-2-4-6-16)15-22-11-13-24-14-12-22/h2-10,19,23H,11-15H2,1H3/p+1. The maximum Gasteiger partial charge on any atom is 0.123 e. The summed E-state index contributed by atoms with van der Waals surface area (Å²) in [5, 5.41) is 11.4. The number of hydrogen-bond acceptors (Lipinski definition) is 2. The molecule has 128 valence electrons. The summed E-state index contributed by atoms with van der Waals surface area (Å²) in [5.74, 6) is -0.359. The van der Waals surface area contributed by atoms with E-state index in [2.05, 4.69) is 12.1 Å². The number of halogens is 1. The second-order valence-corrected chi connectivity index (χ2v) is 6.68. The molecular formula is C20H25FNO2+. The lowest BCUT2D eigenvalue weighted by Crippen LogP contribution is -3.14. The SMILES string of the molecule is CC(O)(c1ccc(F)cc1)C(C[NH+]1CCOCC1)c1ccccc1. The molecule has 2 atom stereocenters. The molecule has 2 aromatic carbocycles. The number of aliphatic hydroxyl groups is 1. The molecule has 2 unspecified atom stereocenters. The van der Waals surface area contributed by atoms with Crippen LogP contribution in [0.2, 0.25) is 0 Å². The van der Waals surface area contributed by atoms with Gasteiger partial charge in [0.25, 0.3) is 0 Å². The van der Waals surface area contributed by atoms with Crippen LogP contribution in [0.4, 0.5) is 4.39 Å². The second kappa shape index (κ2) is 7.43. The first kappa shape index (κ1) is 17.1. The largest absolute Gasteiger partial charge is 0.385 e. The Kier molecular flexibility index (Phi) is 5.29. The molecule has 0 aromatic heterocycles. The highest BCUT2D eigenvalue weighted by Gasteiger charge is 2.38. The van der Waals surface area contributed by atoms with Crippen molar-refractivity contribution < 1.29 is 19.1 Å². The van der Waals surface area contributed by atoms with Gasteiger partial charge in [0.15, 0.2) is 0 Å². The van der Waals surface area contributed by atoms with Gasteiger partial charge in [-0.3, -0.25) is 0 Å². The monoisotopic (exact) mass is 330 g/mol. The highest BCUT2D eigenvalue weighted by atomic mass is 19.1. The summed E-state index contributed by atoms with van der Waals surface area (Å²) in [7, 11) is 0. The fourth-order valence-corrected chi connectivity index (χ4v) is 3.47. The third-order valence-electron chi connectivity index (χ3n) is 5.00. The maximum atomic E-state index is 13.3. The van der Waals surface area contributed by atoms with Crippen molar-refractivity contribution in [3.05, 3.63) is 71.5 Å². The number of benzene rings is 2. The molecule has 0 aliphatic carbocycles. The molecule has 4 heteroatoms. The van der Waals surface area contributed by atoms with Gasteiger partial charge in [-0.15, -0.1) is 0 Å². The fourth-order valence-electron chi connectivity index (χ4n) is 3.47. The van der Waals surface area contributed by atoms with Crippen molar-refractivity contribution >= 4 is 0 Å². The average molecular weight is 330 g/mol. The van der Waals surface area contributed by atoms with Crippen molar-refractivity contribution in [3.8, 4) is 0 Å². The molecule has 3 nitrogen and oxygen atoms in total. The Morgan fingerprint density at radius 2 is 1.71 bits per heavy atom. The van der Waals surface area contributed by atoms with Crippen LogP contribution >= 0.6 is 0 Å². The quantitative estimate of drug-likeness (QED) is 0.876. The number of hydrogen-bond donors (Lipinski definition) is 2. The van der Waals surface area contributed by atoms with E-state index in [0.717, 1.165) is 44.0 Å². The summed E-state index contributed by atoms with van der Waals surface area (Å²) >= 11 is 0. The van der Waals surface area contributed by atoms with Crippen LogP contribution in [0.3, 0.4) is 0 Å². The molecule has 0 amide bonds. The molecule has 2 N–H and O–H groups in total. The second-order valence-electron chi connectivity index (χ2n) is 6.68. The average Bonchev–Trinajstić information content (AvgIpc) is 2.61. The summed E-state index contributed by atoms with van der Waals surface area (Å²) in [6.07, 6.45) is 0. The Balaban J connectivity index is 1.91. The first-order valence-electron chi connectivity index (χ1n) is 8.52. The van der Waals surface area contributed by atoms with Gasteiger partial charge in [0.1, 0.15) is 18.9 Å². The third-order valence-corrected chi connectivity index (χ3v) is 5.00. The van der Waals surface area contributed by atoms with Crippen LogP contribution in [-0.4, -0.2) is 38.0 Å². The van der Waals surface area contributed by atoms with Gasteiger partial charge in [0.2, 0.25) is 0 Å². The zero-order chi connectivity index (χ0) is 17.0. The van der Waals surface area contributed by atoms with Crippen molar-refractivity contribution in [1.82, 2.24) is 0 Å². The van der Waals surface area contributed by atoms with Gasteiger partial charge in [-0.25, -0.2) is 4.39 Å². The minimum Gasteiger partial charge on any atom is -0.385 e. The van der Waals surface area contributed by atoms with Crippen LogP contribution in [0.1, 0.15) is 24.0 Å². The smallest absolute Gasteiger partial charge is 0.123 e. The Hall–Kier alpha value is -1.75. The van der Waals surface area contributed by atoms with E-state index in [1.54, 1.807) is 12.1 Å². The van der Waals surface area contributed by atoms with Gasteiger partial charge in [-0.05, 0) is 30.2 Å². The summed E-state index contributed by atoms with van der Waals surface area (Å²) in [5.41, 5.74) is 0.775. The normalized spacial score (nSPS) is 19.6. The number of ether oxygens (including phenoxy) is 1. The van der Waals surface area contributed by atoms with Crippen molar-refractivity contribution in [3.63, 3.8) is 0 Å². The molecule has 0 saturated carbocycles. The number of rotatable bonds is 5. The minimum atomic E-state index is -1.07. The van der Waals surface area contributed by atoms with E-state index < -0.39 is 5.60 Å². The molecule has 1 aliphatic heterocycles. The Labute approximate surface area is 142 Å². The van der Waals surface area contributed by atoms with Gasteiger partial charge < -0.3 is 14.7 Å². The maximum absolute atomic E-state index is 13.3. The summed E-state index contributed by atoms with van der Waals surface area (Å²) in [6, 6.07) is 16.3. The first-order valence-corrected chi connectivity index (χ1v) is 8.52. The van der Waals surface area contributed by atoms with Crippen LogP contribution in [0.25, 0.3) is 0 Å². The molecule has 0 bridgehead atoms. The number of morpholine rings is 1. The molecule has 1 aliphatic rings. The van der Waals surface area contributed by atoms with Crippen LogP contribution < -0.4 is 4.90 Å².